The molecule has 0 saturated carbocycles. The molecule has 2 N–H and O–H groups in total. The van der Waals surface area contributed by atoms with Crippen LogP contribution in [0, 0.1) is 6.92 Å². The number of alkyl halides is 3. The monoisotopic (exact) mass is 358 g/mol. The van der Waals surface area contributed by atoms with Gasteiger partial charge in [-0.25, -0.2) is 0 Å². The maximum Gasteiger partial charge on any atom is 0.416 e. The van der Waals surface area contributed by atoms with Crippen molar-refractivity contribution in [3.05, 3.63) is 34.9 Å². The molecule has 2 rings (SSSR count). The molecule has 0 spiro atoms. The van der Waals surface area contributed by atoms with Crippen LogP contribution in [-0.4, -0.2) is 47.6 Å². The number of piperidine rings is 1. The van der Waals surface area contributed by atoms with Crippen molar-refractivity contribution >= 4 is 11.8 Å². The molecule has 1 unspecified atom stereocenters. The largest absolute Gasteiger partial charge is 0.416 e. The molecule has 1 fully saturated rings. The summed E-state index contributed by atoms with van der Waals surface area (Å²) in [6.45, 7) is 1.80. The van der Waals surface area contributed by atoms with Gasteiger partial charge in [-0.2, -0.15) is 13.2 Å². The molecule has 138 valence electrons. The molecule has 2 amide bonds. The average Bonchev–Trinajstić information content (AvgIpc) is 2.52. The zero-order valence-corrected chi connectivity index (χ0v) is 14.1. The second-order valence-electron chi connectivity index (χ2n) is 6.43. The maximum absolute atomic E-state index is 12.7. The van der Waals surface area contributed by atoms with Crippen molar-refractivity contribution in [2.24, 2.45) is 0 Å². The molecule has 0 aromatic heterocycles. The number of hydrogen-bond donors (Lipinski definition) is 2. The number of carbonyl (C=O) groups is 2. The van der Waals surface area contributed by atoms with Gasteiger partial charge in [0.25, 0.3) is 5.91 Å². The van der Waals surface area contributed by atoms with Crippen LogP contribution >= 0.6 is 0 Å². The number of likely N-dealkylation sites (tertiary alicyclic amines) is 1. The van der Waals surface area contributed by atoms with Gasteiger partial charge in [0.1, 0.15) is 0 Å². The number of nitrogens with one attached hydrogen (secondary N) is 1. The number of β-amino-alcohol motifs (C(OH)–C–C–N with tert-alkyl or cyclic N) is 1. The first-order valence-corrected chi connectivity index (χ1v) is 7.96. The fourth-order valence-electron chi connectivity index (χ4n) is 3.07. The Morgan fingerprint density at radius 3 is 2.60 bits per heavy atom. The minimum atomic E-state index is -4.47. The molecule has 0 aliphatic carbocycles. The van der Waals surface area contributed by atoms with Crippen molar-refractivity contribution in [2.45, 2.75) is 38.0 Å². The number of amides is 2. The highest BCUT2D eigenvalue weighted by Gasteiger charge is 2.38. The van der Waals surface area contributed by atoms with E-state index in [0.29, 0.717) is 19.4 Å². The number of benzene rings is 1. The van der Waals surface area contributed by atoms with Crippen LogP contribution in [0.15, 0.2) is 18.2 Å². The van der Waals surface area contributed by atoms with Gasteiger partial charge in [-0.15, -0.1) is 0 Å². The van der Waals surface area contributed by atoms with Gasteiger partial charge in [0.2, 0.25) is 5.91 Å². The minimum Gasteiger partial charge on any atom is -0.388 e. The molecule has 1 aromatic rings. The second kappa shape index (κ2) is 7.03. The van der Waals surface area contributed by atoms with Crippen LogP contribution in [0.1, 0.15) is 40.7 Å². The summed E-state index contributed by atoms with van der Waals surface area (Å²) in [5.41, 5.74) is -1.75. The molecule has 1 aliphatic rings. The summed E-state index contributed by atoms with van der Waals surface area (Å²) in [7, 11) is 1.46. The summed E-state index contributed by atoms with van der Waals surface area (Å²) in [5.74, 6) is -0.774. The topological polar surface area (TPSA) is 69.6 Å². The van der Waals surface area contributed by atoms with Crippen LogP contribution in [-0.2, 0) is 11.0 Å². The molecule has 5 nitrogen and oxygen atoms in total. The third-order valence-electron chi connectivity index (χ3n) is 4.40. The number of aliphatic hydroxyl groups is 1. The molecule has 8 heteroatoms. The minimum absolute atomic E-state index is 0.0281. The van der Waals surface area contributed by atoms with E-state index in [1.165, 1.54) is 18.9 Å². The van der Waals surface area contributed by atoms with Crippen LogP contribution in [0.25, 0.3) is 0 Å². The molecule has 1 heterocycles. The van der Waals surface area contributed by atoms with Gasteiger partial charge in [-0.05, 0) is 43.5 Å². The second-order valence-corrected chi connectivity index (χ2v) is 6.43. The van der Waals surface area contributed by atoms with Gasteiger partial charge in [0, 0.05) is 19.2 Å². The lowest BCUT2D eigenvalue weighted by atomic mass is 9.88. The lowest BCUT2D eigenvalue weighted by Gasteiger charge is -2.39. The Hall–Kier alpha value is -2.09. The van der Waals surface area contributed by atoms with Gasteiger partial charge in [0.05, 0.1) is 24.1 Å². The fraction of sp³-hybridized carbons (Fsp3) is 0.529. The number of carbonyl (C=O) groups excluding carboxylic acids is 2. The van der Waals surface area contributed by atoms with E-state index in [9.17, 15) is 27.9 Å². The van der Waals surface area contributed by atoms with E-state index in [1.807, 2.05) is 0 Å². The zero-order valence-electron chi connectivity index (χ0n) is 14.1. The molecule has 25 heavy (non-hydrogen) atoms. The number of rotatable bonds is 3. The predicted molar refractivity (Wildman–Crippen MR) is 85.0 cm³/mol. The Bertz CT molecular complexity index is 676. The molecule has 0 bridgehead atoms. The third kappa shape index (κ3) is 4.50. The number of hydrogen-bond acceptors (Lipinski definition) is 3. The lowest BCUT2D eigenvalue weighted by molar-refractivity contribution is -0.137. The molecular formula is C17H21F3N2O3. The smallest absolute Gasteiger partial charge is 0.388 e. The highest BCUT2D eigenvalue weighted by molar-refractivity contribution is 5.96. The van der Waals surface area contributed by atoms with Gasteiger partial charge in [-0.1, -0.05) is 0 Å². The van der Waals surface area contributed by atoms with Crippen molar-refractivity contribution in [1.29, 1.82) is 0 Å². The standard InChI is InChI=1S/C17H21F3N2O3/c1-11-8-12(17(18,19)20)4-5-13(11)15(24)22-7-3-6-16(25,10-22)9-14(23)21-2/h4-5,8,25H,3,6-7,9-10H2,1-2H3,(H,21,23). The highest BCUT2D eigenvalue weighted by Crippen LogP contribution is 2.31. The molecular weight excluding hydrogens is 337 g/mol. The van der Waals surface area contributed by atoms with Crippen molar-refractivity contribution in [2.75, 3.05) is 20.1 Å². The summed E-state index contributed by atoms with van der Waals surface area (Å²) in [6.07, 6.45) is -3.69. The predicted octanol–water partition coefficient (Wildman–Crippen LogP) is 2.12. The SMILES string of the molecule is CNC(=O)CC1(O)CCCN(C(=O)c2ccc(C(F)(F)F)cc2C)C1. The first-order valence-electron chi connectivity index (χ1n) is 7.96. The van der Waals surface area contributed by atoms with E-state index in [-0.39, 0.29) is 30.0 Å². The summed E-state index contributed by atoms with van der Waals surface area (Å²) >= 11 is 0. The number of nitrogens with zero attached hydrogens (tertiary/aromatic N) is 1. The van der Waals surface area contributed by atoms with Crippen molar-refractivity contribution < 1.29 is 27.9 Å². The quantitative estimate of drug-likeness (QED) is 0.870. The maximum atomic E-state index is 12.7. The summed E-state index contributed by atoms with van der Waals surface area (Å²) in [6, 6.07) is 2.97. The summed E-state index contributed by atoms with van der Waals surface area (Å²) < 4.78 is 38.2. The molecule has 1 aliphatic heterocycles. The van der Waals surface area contributed by atoms with Gasteiger partial charge >= 0.3 is 6.18 Å². The van der Waals surface area contributed by atoms with Gasteiger partial charge in [-0.3, -0.25) is 9.59 Å². The van der Waals surface area contributed by atoms with Crippen LogP contribution in [0.2, 0.25) is 0 Å². The Morgan fingerprint density at radius 2 is 2.04 bits per heavy atom. The molecule has 1 atom stereocenters. The van der Waals surface area contributed by atoms with Crippen LogP contribution < -0.4 is 5.32 Å². The van der Waals surface area contributed by atoms with Gasteiger partial charge < -0.3 is 15.3 Å². The first kappa shape index (κ1) is 19.2. The van der Waals surface area contributed by atoms with Crippen LogP contribution in [0.3, 0.4) is 0 Å². The van der Waals surface area contributed by atoms with E-state index in [2.05, 4.69) is 5.32 Å². The van der Waals surface area contributed by atoms with Crippen molar-refractivity contribution in [3.8, 4) is 0 Å². The Balaban J connectivity index is 2.18. The Labute approximate surface area is 143 Å². The lowest BCUT2D eigenvalue weighted by Crippen LogP contribution is -2.52. The molecule has 0 radical (unpaired) electrons. The van der Waals surface area contributed by atoms with E-state index < -0.39 is 23.2 Å². The van der Waals surface area contributed by atoms with Crippen molar-refractivity contribution in [1.82, 2.24) is 10.2 Å². The molecule has 1 saturated heterocycles. The summed E-state index contributed by atoms with van der Waals surface area (Å²) in [4.78, 5) is 25.6. The Kier molecular flexibility index (Phi) is 5.41. The number of halogens is 3. The molecule has 1 aromatic carbocycles. The van der Waals surface area contributed by atoms with Gasteiger partial charge in [0.15, 0.2) is 0 Å². The van der Waals surface area contributed by atoms with Crippen molar-refractivity contribution in [3.63, 3.8) is 0 Å². The zero-order chi connectivity index (χ0) is 18.8. The highest BCUT2D eigenvalue weighted by atomic mass is 19.4. The first-order chi connectivity index (χ1) is 11.6. The normalized spacial score (nSPS) is 21.1. The van der Waals surface area contributed by atoms with Crippen LogP contribution in [0.5, 0.6) is 0 Å². The summed E-state index contributed by atoms with van der Waals surface area (Å²) in [5, 5.41) is 13.0. The van der Waals surface area contributed by atoms with E-state index in [4.69, 9.17) is 0 Å². The Morgan fingerprint density at radius 1 is 1.36 bits per heavy atom. The third-order valence-corrected chi connectivity index (χ3v) is 4.40. The fourth-order valence-corrected chi connectivity index (χ4v) is 3.07. The average molecular weight is 358 g/mol. The van der Waals surface area contributed by atoms with Crippen LogP contribution in [0.4, 0.5) is 13.2 Å². The van der Waals surface area contributed by atoms with E-state index in [1.54, 1.807) is 0 Å². The number of aryl methyl sites for hydroxylation is 1. The van der Waals surface area contributed by atoms with E-state index in [0.717, 1.165) is 18.2 Å². The van der Waals surface area contributed by atoms with E-state index >= 15 is 0 Å².